The van der Waals surface area contributed by atoms with Gasteiger partial charge in [0.05, 0.1) is 0 Å². The molecule has 0 spiro atoms. The van der Waals surface area contributed by atoms with Crippen molar-refractivity contribution in [2.45, 2.75) is 44.2 Å². The van der Waals surface area contributed by atoms with E-state index in [0.29, 0.717) is 25.8 Å². The average Bonchev–Trinajstić information content (AvgIpc) is 3.39. The van der Waals surface area contributed by atoms with E-state index in [1.165, 1.54) is 4.90 Å². The van der Waals surface area contributed by atoms with Gasteiger partial charge >= 0.3 is 12.1 Å². The summed E-state index contributed by atoms with van der Waals surface area (Å²) in [6.07, 6.45) is 0.756. The van der Waals surface area contributed by atoms with E-state index < -0.39 is 24.1 Å². The smallest absolute Gasteiger partial charge is 0.407 e. The number of alkyl carbamates (subject to hydrolysis) is 1. The summed E-state index contributed by atoms with van der Waals surface area (Å²) in [5.41, 5.74) is 4.51. The van der Waals surface area contributed by atoms with Gasteiger partial charge in [-0.3, -0.25) is 4.79 Å². The fourth-order valence-electron chi connectivity index (χ4n) is 4.61. The minimum absolute atomic E-state index is 0.0658. The molecule has 2 aromatic rings. The van der Waals surface area contributed by atoms with Gasteiger partial charge in [-0.15, -0.1) is 0 Å². The Morgan fingerprint density at radius 3 is 2.29 bits per heavy atom. The number of carbonyl (C=O) groups excluding carboxylic acids is 2. The molecule has 0 radical (unpaired) electrons. The van der Waals surface area contributed by atoms with Gasteiger partial charge in [-0.2, -0.15) is 0 Å². The molecule has 1 aliphatic carbocycles. The van der Waals surface area contributed by atoms with Crippen LogP contribution in [0.2, 0.25) is 0 Å². The molecule has 2 aliphatic rings. The van der Waals surface area contributed by atoms with Crippen LogP contribution in [-0.2, 0) is 14.3 Å². The van der Waals surface area contributed by atoms with Crippen LogP contribution in [0.5, 0.6) is 0 Å². The molecule has 2 N–H and O–H groups in total. The van der Waals surface area contributed by atoms with Crippen LogP contribution in [0.1, 0.15) is 43.2 Å². The molecule has 1 fully saturated rings. The van der Waals surface area contributed by atoms with Crippen LogP contribution < -0.4 is 5.32 Å². The quantitative estimate of drug-likeness (QED) is 0.744. The normalized spacial score (nSPS) is 18.2. The molecule has 1 heterocycles. The van der Waals surface area contributed by atoms with E-state index in [1.807, 2.05) is 36.4 Å². The Hall–Kier alpha value is -3.35. The van der Waals surface area contributed by atoms with Gasteiger partial charge < -0.3 is 20.1 Å². The second kappa shape index (κ2) is 8.79. The lowest BCUT2D eigenvalue weighted by Crippen LogP contribution is -2.51. The molecular formula is C24H26N2O5. The number of amides is 2. The summed E-state index contributed by atoms with van der Waals surface area (Å²) in [6.45, 7) is 2.32. The van der Waals surface area contributed by atoms with Crippen molar-refractivity contribution >= 4 is 18.0 Å². The standard InChI is InChI=1S/C24H26N2O5/c1-2-20(22(27)26-13-7-12-21(26)23(28)29)25-24(30)31-14-19-17-10-5-3-8-15(17)16-9-4-6-11-18(16)19/h3-6,8-11,19-21H,2,7,12-14H2,1H3,(H,25,30)(H,28,29)/t20-,21?/m1/s1. The van der Waals surface area contributed by atoms with Gasteiger partial charge in [0.15, 0.2) is 0 Å². The van der Waals surface area contributed by atoms with Gasteiger partial charge in [-0.1, -0.05) is 55.5 Å². The molecular weight excluding hydrogens is 396 g/mol. The molecule has 2 amide bonds. The minimum Gasteiger partial charge on any atom is -0.480 e. The van der Waals surface area contributed by atoms with Crippen LogP contribution in [-0.4, -0.2) is 53.2 Å². The molecule has 1 aliphatic heterocycles. The van der Waals surface area contributed by atoms with Gasteiger partial charge in [0.1, 0.15) is 18.7 Å². The van der Waals surface area contributed by atoms with Gasteiger partial charge in [-0.25, -0.2) is 9.59 Å². The number of benzene rings is 2. The Labute approximate surface area is 181 Å². The lowest BCUT2D eigenvalue weighted by atomic mass is 9.98. The molecule has 4 rings (SSSR count). The van der Waals surface area contributed by atoms with Crippen molar-refractivity contribution < 1.29 is 24.2 Å². The monoisotopic (exact) mass is 422 g/mol. The number of likely N-dealkylation sites (tertiary alicyclic amines) is 1. The van der Waals surface area contributed by atoms with Crippen molar-refractivity contribution in [1.29, 1.82) is 0 Å². The molecule has 0 bridgehead atoms. The van der Waals surface area contributed by atoms with Gasteiger partial charge in [-0.05, 0) is 41.5 Å². The number of fused-ring (bicyclic) bond motifs is 3. The second-order valence-electron chi connectivity index (χ2n) is 7.96. The molecule has 1 saturated heterocycles. The van der Waals surface area contributed by atoms with Crippen molar-refractivity contribution in [3.63, 3.8) is 0 Å². The number of carboxylic acids is 1. The minimum atomic E-state index is -1.01. The van der Waals surface area contributed by atoms with Crippen LogP contribution in [0.25, 0.3) is 11.1 Å². The number of aliphatic carboxylic acids is 1. The highest BCUT2D eigenvalue weighted by Gasteiger charge is 2.37. The van der Waals surface area contributed by atoms with Crippen molar-refractivity contribution in [1.82, 2.24) is 10.2 Å². The van der Waals surface area contributed by atoms with E-state index in [0.717, 1.165) is 22.3 Å². The van der Waals surface area contributed by atoms with Crippen molar-refractivity contribution in [3.05, 3.63) is 59.7 Å². The van der Waals surface area contributed by atoms with E-state index >= 15 is 0 Å². The number of nitrogens with zero attached hydrogens (tertiary/aromatic N) is 1. The highest BCUT2D eigenvalue weighted by atomic mass is 16.5. The van der Waals surface area contributed by atoms with E-state index in [4.69, 9.17) is 4.74 Å². The van der Waals surface area contributed by atoms with Crippen molar-refractivity contribution in [2.24, 2.45) is 0 Å². The van der Waals surface area contributed by atoms with Crippen LogP contribution in [0.15, 0.2) is 48.5 Å². The fraction of sp³-hybridized carbons (Fsp3) is 0.375. The Balaban J connectivity index is 1.41. The third-order valence-electron chi connectivity index (χ3n) is 6.16. The summed E-state index contributed by atoms with van der Waals surface area (Å²) in [4.78, 5) is 38.1. The summed E-state index contributed by atoms with van der Waals surface area (Å²) in [6, 6.07) is 14.5. The lowest BCUT2D eigenvalue weighted by Gasteiger charge is -2.26. The Morgan fingerprint density at radius 1 is 1.10 bits per heavy atom. The lowest BCUT2D eigenvalue weighted by molar-refractivity contribution is -0.149. The summed E-state index contributed by atoms with van der Waals surface area (Å²) in [7, 11) is 0. The van der Waals surface area contributed by atoms with Gasteiger partial charge in [0, 0.05) is 12.5 Å². The largest absolute Gasteiger partial charge is 0.480 e. The zero-order chi connectivity index (χ0) is 22.0. The van der Waals surface area contributed by atoms with E-state index in [1.54, 1.807) is 6.92 Å². The number of carboxylic acid groups (broad SMARTS) is 1. The van der Waals surface area contributed by atoms with E-state index in [2.05, 4.69) is 17.4 Å². The maximum absolute atomic E-state index is 12.8. The topological polar surface area (TPSA) is 95.9 Å². The molecule has 0 saturated carbocycles. The third-order valence-corrected chi connectivity index (χ3v) is 6.16. The highest BCUT2D eigenvalue weighted by Crippen LogP contribution is 2.44. The summed E-state index contributed by atoms with van der Waals surface area (Å²) >= 11 is 0. The van der Waals surface area contributed by atoms with Crippen molar-refractivity contribution in [3.8, 4) is 11.1 Å². The Morgan fingerprint density at radius 2 is 1.71 bits per heavy atom. The number of hydrogen-bond acceptors (Lipinski definition) is 4. The summed E-state index contributed by atoms with van der Waals surface area (Å²) < 4.78 is 5.52. The van der Waals surface area contributed by atoms with E-state index in [9.17, 15) is 19.5 Å². The third kappa shape index (κ3) is 4.00. The predicted molar refractivity (Wildman–Crippen MR) is 115 cm³/mol. The predicted octanol–water partition coefficient (Wildman–Crippen LogP) is 3.38. The maximum atomic E-state index is 12.8. The van der Waals surface area contributed by atoms with E-state index in [-0.39, 0.29) is 18.4 Å². The molecule has 7 heteroatoms. The first-order valence-corrected chi connectivity index (χ1v) is 10.7. The number of rotatable bonds is 6. The van der Waals surface area contributed by atoms with Crippen molar-refractivity contribution in [2.75, 3.05) is 13.2 Å². The van der Waals surface area contributed by atoms with Crippen LogP contribution in [0, 0.1) is 0 Å². The molecule has 162 valence electrons. The first-order chi connectivity index (χ1) is 15.0. The van der Waals surface area contributed by atoms with Gasteiger partial charge in [0.25, 0.3) is 0 Å². The fourth-order valence-corrected chi connectivity index (χ4v) is 4.61. The summed E-state index contributed by atoms with van der Waals surface area (Å²) in [5.74, 6) is -1.45. The molecule has 0 aromatic heterocycles. The first-order valence-electron chi connectivity index (χ1n) is 10.7. The highest BCUT2D eigenvalue weighted by molar-refractivity contribution is 5.89. The van der Waals surface area contributed by atoms with Crippen LogP contribution in [0.3, 0.4) is 0 Å². The summed E-state index contributed by atoms with van der Waals surface area (Å²) in [5, 5.41) is 12.0. The molecule has 2 aromatic carbocycles. The molecule has 7 nitrogen and oxygen atoms in total. The Kier molecular flexibility index (Phi) is 5.93. The molecule has 2 atom stereocenters. The number of ether oxygens (including phenoxy) is 1. The van der Waals surface area contributed by atoms with Gasteiger partial charge in [0.2, 0.25) is 5.91 Å². The first kappa shape index (κ1) is 20.9. The zero-order valence-corrected chi connectivity index (χ0v) is 17.4. The Bertz CT molecular complexity index is 959. The number of carbonyl (C=O) groups is 3. The maximum Gasteiger partial charge on any atom is 0.407 e. The number of nitrogens with one attached hydrogen (secondary N) is 1. The zero-order valence-electron chi connectivity index (χ0n) is 17.4. The SMILES string of the molecule is CC[C@@H](NC(=O)OCC1c2ccccc2-c2ccccc21)C(=O)N1CCCC1C(=O)O. The average molecular weight is 422 g/mol. The van der Waals surface area contributed by atoms with Crippen LogP contribution in [0.4, 0.5) is 4.79 Å². The van der Waals surface area contributed by atoms with Crippen LogP contribution >= 0.6 is 0 Å². The number of hydrogen-bond donors (Lipinski definition) is 2. The second-order valence-corrected chi connectivity index (χ2v) is 7.96. The molecule has 31 heavy (non-hydrogen) atoms. The molecule has 1 unspecified atom stereocenters.